The van der Waals surface area contributed by atoms with E-state index in [0.717, 1.165) is 41.7 Å². The van der Waals surface area contributed by atoms with Crippen molar-refractivity contribution in [3.8, 4) is 0 Å². The van der Waals surface area contributed by atoms with Crippen LogP contribution in [0.15, 0.2) is 58.8 Å². The second kappa shape index (κ2) is 13.4. The fourth-order valence-corrected chi connectivity index (χ4v) is 2.99. The van der Waals surface area contributed by atoms with Gasteiger partial charge in [0, 0.05) is 38.3 Å². The standard InChI is InChI=1S/C26H37N5O3/c1-30(2)24-16-14-23(15-17-24)29-28-22-12-10-21(11-13-22)26(33)27-18-8-6-7-9-25(32)34-20-19-31(3,4)5/h10-17H,6-9,18-20H2,1-5H3/p+1. The number of hydrogen-bond donors (Lipinski definition) is 1. The maximum Gasteiger partial charge on any atom is 0.305 e. The van der Waals surface area contributed by atoms with Gasteiger partial charge in [0.25, 0.3) is 5.91 Å². The van der Waals surface area contributed by atoms with Crippen LogP contribution in [0.1, 0.15) is 36.0 Å². The Morgan fingerprint density at radius 3 is 2.03 bits per heavy atom. The number of rotatable bonds is 13. The summed E-state index contributed by atoms with van der Waals surface area (Å²) in [6.07, 6.45) is 2.86. The molecular weight excluding hydrogens is 430 g/mol. The highest BCUT2D eigenvalue weighted by molar-refractivity contribution is 5.94. The second-order valence-corrected chi connectivity index (χ2v) is 9.46. The summed E-state index contributed by atoms with van der Waals surface area (Å²) in [7, 11) is 10.2. The first-order valence-corrected chi connectivity index (χ1v) is 11.7. The lowest BCUT2D eigenvalue weighted by Crippen LogP contribution is -2.38. The van der Waals surface area contributed by atoms with E-state index in [4.69, 9.17) is 4.74 Å². The molecule has 1 amide bonds. The Labute approximate surface area is 203 Å². The third kappa shape index (κ3) is 10.6. The molecule has 1 N–H and O–H groups in total. The molecule has 0 aromatic heterocycles. The number of likely N-dealkylation sites (N-methyl/N-ethyl adjacent to an activating group) is 1. The lowest BCUT2D eigenvalue weighted by molar-refractivity contribution is -0.870. The van der Waals surface area contributed by atoms with Crippen molar-refractivity contribution in [3.63, 3.8) is 0 Å². The van der Waals surface area contributed by atoms with Crippen LogP contribution in [0.5, 0.6) is 0 Å². The zero-order valence-corrected chi connectivity index (χ0v) is 21.1. The van der Waals surface area contributed by atoms with Gasteiger partial charge in [0.1, 0.15) is 13.2 Å². The van der Waals surface area contributed by atoms with E-state index < -0.39 is 0 Å². The molecule has 0 bridgehead atoms. The normalized spacial score (nSPS) is 11.4. The molecule has 0 fully saturated rings. The Kier molecular flexibility index (Phi) is 10.7. The van der Waals surface area contributed by atoms with Crippen molar-refractivity contribution in [1.82, 2.24) is 5.32 Å². The first-order valence-electron chi connectivity index (χ1n) is 11.7. The molecule has 184 valence electrons. The fourth-order valence-electron chi connectivity index (χ4n) is 2.99. The van der Waals surface area contributed by atoms with Gasteiger partial charge < -0.3 is 19.4 Å². The van der Waals surface area contributed by atoms with E-state index >= 15 is 0 Å². The van der Waals surface area contributed by atoms with E-state index in [9.17, 15) is 9.59 Å². The molecule has 0 radical (unpaired) electrons. The summed E-state index contributed by atoms with van der Waals surface area (Å²) in [4.78, 5) is 26.1. The number of benzene rings is 2. The fraction of sp³-hybridized carbons (Fsp3) is 0.462. The molecule has 0 atom stereocenters. The summed E-state index contributed by atoms with van der Waals surface area (Å²) >= 11 is 0. The van der Waals surface area contributed by atoms with Crippen LogP contribution < -0.4 is 10.2 Å². The molecular formula is C26H38N5O3+. The third-order valence-corrected chi connectivity index (χ3v) is 5.14. The number of azo groups is 1. The predicted molar refractivity (Wildman–Crippen MR) is 136 cm³/mol. The van der Waals surface area contributed by atoms with Crippen LogP contribution in [0.25, 0.3) is 0 Å². The molecule has 0 saturated heterocycles. The Balaban J connectivity index is 1.64. The van der Waals surface area contributed by atoms with Crippen LogP contribution in [0, 0.1) is 0 Å². The summed E-state index contributed by atoms with van der Waals surface area (Å²) in [5.41, 5.74) is 3.13. The Bertz CT molecular complexity index is 932. The lowest BCUT2D eigenvalue weighted by Gasteiger charge is -2.23. The van der Waals surface area contributed by atoms with E-state index in [1.165, 1.54) is 0 Å². The highest BCUT2D eigenvalue weighted by atomic mass is 16.5. The van der Waals surface area contributed by atoms with Crippen molar-refractivity contribution in [2.45, 2.75) is 25.7 Å². The zero-order chi connectivity index (χ0) is 25.0. The molecule has 2 aromatic rings. The van der Waals surface area contributed by atoms with Crippen molar-refractivity contribution in [1.29, 1.82) is 0 Å². The average molecular weight is 469 g/mol. The summed E-state index contributed by atoms with van der Waals surface area (Å²) in [6, 6.07) is 14.8. The Hall–Kier alpha value is -3.26. The van der Waals surface area contributed by atoms with Gasteiger partial charge in [-0.15, -0.1) is 0 Å². The van der Waals surface area contributed by atoms with Gasteiger partial charge in [-0.3, -0.25) is 9.59 Å². The van der Waals surface area contributed by atoms with Crippen molar-refractivity contribution in [2.75, 3.05) is 59.8 Å². The van der Waals surface area contributed by atoms with Gasteiger partial charge in [0.2, 0.25) is 0 Å². The number of quaternary nitrogens is 1. The summed E-state index contributed by atoms with van der Waals surface area (Å²) < 4.78 is 6.01. The Morgan fingerprint density at radius 1 is 0.882 bits per heavy atom. The van der Waals surface area contributed by atoms with Gasteiger partial charge >= 0.3 is 5.97 Å². The smallest absolute Gasteiger partial charge is 0.305 e. The maximum absolute atomic E-state index is 12.3. The molecule has 0 aliphatic heterocycles. The number of carbonyl (C=O) groups excluding carboxylic acids is 2. The Morgan fingerprint density at radius 2 is 1.47 bits per heavy atom. The van der Waals surface area contributed by atoms with Crippen molar-refractivity contribution < 1.29 is 18.8 Å². The SMILES string of the molecule is CN(C)c1ccc(N=Nc2ccc(C(=O)NCCCCCC(=O)OCC[N+](C)(C)C)cc2)cc1. The summed E-state index contributed by atoms with van der Waals surface area (Å²) in [5.74, 6) is -0.275. The minimum absolute atomic E-state index is 0.123. The number of hydrogen-bond acceptors (Lipinski definition) is 6. The van der Waals surface area contributed by atoms with E-state index in [1.807, 2.05) is 43.3 Å². The number of esters is 1. The molecule has 2 rings (SSSR count). The van der Waals surface area contributed by atoms with Crippen LogP contribution >= 0.6 is 0 Å². The van der Waals surface area contributed by atoms with Crippen LogP contribution in [0.3, 0.4) is 0 Å². The molecule has 0 spiro atoms. The monoisotopic (exact) mass is 468 g/mol. The average Bonchev–Trinajstić information content (AvgIpc) is 2.79. The minimum Gasteiger partial charge on any atom is -0.460 e. The zero-order valence-electron chi connectivity index (χ0n) is 21.1. The second-order valence-electron chi connectivity index (χ2n) is 9.46. The predicted octanol–water partition coefficient (Wildman–Crippen LogP) is 4.71. The van der Waals surface area contributed by atoms with Gasteiger partial charge in [-0.1, -0.05) is 6.42 Å². The van der Waals surface area contributed by atoms with Crippen LogP contribution in [0.4, 0.5) is 17.1 Å². The van der Waals surface area contributed by atoms with Gasteiger partial charge in [0.15, 0.2) is 0 Å². The highest BCUT2D eigenvalue weighted by Gasteiger charge is 2.09. The first-order chi connectivity index (χ1) is 16.1. The number of nitrogens with zero attached hydrogens (tertiary/aromatic N) is 4. The molecule has 0 unspecified atom stereocenters. The van der Waals surface area contributed by atoms with Crippen LogP contribution in [0.2, 0.25) is 0 Å². The molecule has 0 aliphatic carbocycles. The number of ether oxygens (including phenoxy) is 1. The van der Waals surface area contributed by atoms with Gasteiger partial charge in [0.05, 0.1) is 32.5 Å². The maximum atomic E-state index is 12.3. The molecule has 34 heavy (non-hydrogen) atoms. The number of unbranched alkanes of at least 4 members (excludes halogenated alkanes) is 2. The molecule has 2 aromatic carbocycles. The van der Waals surface area contributed by atoms with Gasteiger partial charge in [-0.05, 0) is 61.4 Å². The van der Waals surface area contributed by atoms with E-state index in [0.29, 0.717) is 30.8 Å². The van der Waals surface area contributed by atoms with Crippen LogP contribution in [-0.4, -0.2) is 71.3 Å². The molecule has 8 heteroatoms. The van der Waals surface area contributed by atoms with Gasteiger partial charge in [-0.2, -0.15) is 10.2 Å². The molecule has 0 aliphatic rings. The summed E-state index contributed by atoms with van der Waals surface area (Å²) in [5, 5.41) is 11.4. The molecule has 0 heterocycles. The largest absolute Gasteiger partial charge is 0.460 e. The highest BCUT2D eigenvalue weighted by Crippen LogP contribution is 2.21. The van der Waals surface area contributed by atoms with E-state index in [1.54, 1.807) is 24.3 Å². The number of amides is 1. The van der Waals surface area contributed by atoms with Gasteiger partial charge in [-0.25, -0.2) is 0 Å². The van der Waals surface area contributed by atoms with Crippen LogP contribution in [-0.2, 0) is 9.53 Å². The number of anilines is 1. The quantitative estimate of drug-likeness (QED) is 0.200. The van der Waals surface area contributed by atoms with E-state index in [-0.39, 0.29) is 11.9 Å². The summed E-state index contributed by atoms with van der Waals surface area (Å²) in [6.45, 7) is 1.81. The lowest BCUT2D eigenvalue weighted by atomic mass is 10.1. The van der Waals surface area contributed by atoms with Crippen molar-refractivity contribution in [3.05, 3.63) is 54.1 Å². The van der Waals surface area contributed by atoms with Crippen molar-refractivity contribution >= 4 is 28.9 Å². The molecule has 8 nitrogen and oxygen atoms in total. The number of nitrogens with one attached hydrogen (secondary N) is 1. The topological polar surface area (TPSA) is 83.4 Å². The minimum atomic E-state index is -0.152. The third-order valence-electron chi connectivity index (χ3n) is 5.14. The first kappa shape index (κ1) is 27.0. The van der Waals surface area contributed by atoms with Crippen molar-refractivity contribution in [2.24, 2.45) is 10.2 Å². The number of carbonyl (C=O) groups is 2. The molecule has 0 saturated carbocycles. The van der Waals surface area contributed by atoms with E-state index in [2.05, 4.69) is 36.7 Å².